The number of hydrogen-bond acceptors (Lipinski definition) is 3. The van der Waals surface area contributed by atoms with E-state index >= 15 is 0 Å². The van der Waals surface area contributed by atoms with Crippen molar-refractivity contribution in [2.75, 3.05) is 17.1 Å². The molecule has 0 aliphatic carbocycles. The Balaban J connectivity index is 1.89. The van der Waals surface area contributed by atoms with E-state index in [1.165, 1.54) is 17.7 Å². The lowest BCUT2D eigenvalue weighted by atomic mass is 9.99. The zero-order chi connectivity index (χ0) is 19.8. The molecule has 0 radical (unpaired) electrons. The molecule has 0 bridgehead atoms. The van der Waals surface area contributed by atoms with Gasteiger partial charge in [0.05, 0.1) is 22.0 Å². The zero-order valence-corrected chi connectivity index (χ0v) is 17.4. The Morgan fingerprint density at radius 2 is 1.78 bits per heavy atom. The van der Waals surface area contributed by atoms with Crippen LogP contribution < -0.4 is 4.31 Å². The summed E-state index contributed by atoms with van der Waals surface area (Å²) in [6.45, 7) is 2.61. The van der Waals surface area contributed by atoms with Crippen molar-refractivity contribution < 1.29 is 13.2 Å². The number of nitrogens with zero attached hydrogens (tertiary/aromatic N) is 2. The van der Waals surface area contributed by atoms with E-state index in [1.54, 1.807) is 17.9 Å². The Kier molecular flexibility index (Phi) is 5.70. The predicted molar refractivity (Wildman–Crippen MR) is 109 cm³/mol. The van der Waals surface area contributed by atoms with Gasteiger partial charge in [-0.25, -0.2) is 8.42 Å². The van der Waals surface area contributed by atoms with Gasteiger partial charge in [0.2, 0.25) is 15.9 Å². The Bertz CT molecular complexity index is 979. The van der Waals surface area contributed by atoms with E-state index in [0.717, 1.165) is 22.5 Å². The second-order valence-electron chi connectivity index (χ2n) is 6.61. The largest absolute Gasteiger partial charge is 0.336 e. The third-order valence-electron chi connectivity index (χ3n) is 4.67. The number of hydrogen-bond donors (Lipinski definition) is 0. The highest BCUT2D eigenvalue weighted by molar-refractivity contribution is 7.92. The van der Waals surface area contributed by atoms with Gasteiger partial charge in [-0.3, -0.25) is 9.10 Å². The lowest BCUT2D eigenvalue weighted by molar-refractivity contribution is -0.132. The smallest absolute Gasteiger partial charge is 0.246 e. The average Bonchev–Trinajstić information content (AvgIpc) is 2.62. The first-order chi connectivity index (χ1) is 12.7. The molecule has 2 aromatic carbocycles. The average molecular weight is 427 g/mol. The molecule has 0 saturated carbocycles. The standard InChI is InChI=1S/C19H20Cl2N2O3S/c1-13(19(24)22-10-9-14-5-3-4-6-15(14)12-22)23(27(2,25)26)16-7-8-17(20)18(21)11-16/h3-8,11,13H,9-10,12H2,1-2H3/t13-/m1/s1. The molecule has 0 unspecified atom stereocenters. The molecule has 27 heavy (non-hydrogen) atoms. The summed E-state index contributed by atoms with van der Waals surface area (Å²) in [7, 11) is -3.71. The van der Waals surface area contributed by atoms with Crippen molar-refractivity contribution >= 4 is 44.8 Å². The first-order valence-electron chi connectivity index (χ1n) is 8.48. The monoisotopic (exact) mass is 426 g/mol. The number of benzene rings is 2. The van der Waals surface area contributed by atoms with Crippen LogP contribution in [0.3, 0.4) is 0 Å². The summed E-state index contributed by atoms with van der Waals surface area (Å²) in [5.41, 5.74) is 2.62. The molecule has 144 valence electrons. The van der Waals surface area contributed by atoms with E-state index in [2.05, 4.69) is 6.07 Å². The second-order valence-corrected chi connectivity index (χ2v) is 9.29. The van der Waals surface area contributed by atoms with Crippen molar-refractivity contribution in [3.8, 4) is 0 Å². The van der Waals surface area contributed by atoms with E-state index in [4.69, 9.17) is 23.2 Å². The summed E-state index contributed by atoms with van der Waals surface area (Å²) < 4.78 is 26.0. The highest BCUT2D eigenvalue weighted by Gasteiger charge is 2.33. The van der Waals surface area contributed by atoms with Crippen LogP contribution in [-0.2, 0) is 27.8 Å². The molecule has 1 atom stereocenters. The number of halogens is 2. The summed E-state index contributed by atoms with van der Waals surface area (Å²) in [6, 6.07) is 11.6. The number of sulfonamides is 1. The highest BCUT2D eigenvalue weighted by atomic mass is 35.5. The van der Waals surface area contributed by atoms with Crippen LogP contribution >= 0.6 is 23.2 Å². The van der Waals surface area contributed by atoms with Gasteiger partial charge >= 0.3 is 0 Å². The van der Waals surface area contributed by atoms with Gasteiger partial charge in [-0.2, -0.15) is 0 Å². The van der Waals surface area contributed by atoms with Crippen molar-refractivity contribution in [2.45, 2.75) is 25.9 Å². The number of carbonyl (C=O) groups excluding carboxylic acids is 1. The van der Waals surface area contributed by atoms with Crippen molar-refractivity contribution in [3.63, 3.8) is 0 Å². The molecule has 1 amide bonds. The van der Waals surface area contributed by atoms with Crippen LogP contribution in [0.25, 0.3) is 0 Å². The maximum atomic E-state index is 13.1. The van der Waals surface area contributed by atoms with Gasteiger partial charge in [-0.15, -0.1) is 0 Å². The van der Waals surface area contributed by atoms with Crippen LogP contribution in [0.4, 0.5) is 5.69 Å². The fourth-order valence-corrected chi connectivity index (χ4v) is 4.83. The van der Waals surface area contributed by atoms with Crippen molar-refractivity contribution in [1.29, 1.82) is 0 Å². The van der Waals surface area contributed by atoms with E-state index in [0.29, 0.717) is 23.8 Å². The van der Waals surface area contributed by atoms with Gasteiger partial charge in [0, 0.05) is 13.1 Å². The first-order valence-corrected chi connectivity index (χ1v) is 11.1. The van der Waals surface area contributed by atoms with Gasteiger partial charge < -0.3 is 4.90 Å². The summed E-state index contributed by atoms with van der Waals surface area (Å²) in [5.74, 6) is -0.249. The Labute approximate surface area is 169 Å². The molecule has 0 fully saturated rings. The topological polar surface area (TPSA) is 57.7 Å². The molecule has 5 nitrogen and oxygen atoms in total. The predicted octanol–water partition coefficient (Wildman–Crippen LogP) is 3.73. The Morgan fingerprint density at radius 3 is 2.41 bits per heavy atom. The molecular formula is C19H20Cl2N2O3S. The molecular weight excluding hydrogens is 407 g/mol. The molecule has 3 rings (SSSR count). The molecule has 2 aromatic rings. The van der Waals surface area contributed by atoms with Crippen LogP contribution in [0.15, 0.2) is 42.5 Å². The van der Waals surface area contributed by atoms with Crippen LogP contribution in [0.5, 0.6) is 0 Å². The number of anilines is 1. The van der Waals surface area contributed by atoms with Gasteiger partial charge in [0.15, 0.2) is 0 Å². The van der Waals surface area contributed by atoms with Crippen molar-refractivity contribution in [2.24, 2.45) is 0 Å². The summed E-state index contributed by atoms with van der Waals surface area (Å²) in [5, 5.41) is 0.551. The minimum absolute atomic E-state index is 0.231. The van der Waals surface area contributed by atoms with Crippen LogP contribution in [0.2, 0.25) is 10.0 Å². The van der Waals surface area contributed by atoms with Gasteiger partial charge in [-0.1, -0.05) is 47.5 Å². The quantitative estimate of drug-likeness (QED) is 0.747. The lowest BCUT2D eigenvalue weighted by Crippen LogP contribution is -2.50. The molecule has 0 saturated heterocycles. The molecule has 0 aromatic heterocycles. The van der Waals surface area contributed by atoms with Crippen molar-refractivity contribution in [1.82, 2.24) is 4.90 Å². The molecule has 1 aliphatic rings. The van der Waals surface area contributed by atoms with Gasteiger partial charge in [0.1, 0.15) is 6.04 Å². The molecule has 0 N–H and O–H groups in total. The van der Waals surface area contributed by atoms with Crippen LogP contribution in [0, 0.1) is 0 Å². The Hall–Kier alpha value is -1.76. The molecule has 1 heterocycles. The van der Waals surface area contributed by atoms with Crippen molar-refractivity contribution in [3.05, 3.63) is 63.6 Å². The molecule has 0 spiro atoms. The number of rotatable bonds is 4. The normalized spacial score (nSPS) is 15.2. The fraction of sp³-hybridized carbons (Fsp3) is 0.316. The summed E-state index contributed by atoms with van der Waals surface area (Å²) in [6.07, 6.45) is 1.82. The third-order valence-corrected chi connectivity index (χ3v) is 6.65. The number of fused-ring (bicyclic) bond motifs is 1. The third kappa shape index (κ3) is 4.23. The summed E-state index contributed by atoms with van der Waals surface area (Å²) >= 11 is 12.0. The maximum absolute atomic E-state index is 13.1. The lowest BCUT2D eigenvalue weighted by Gasteiger charge is -2.35. The SMILES string of the molecule is C[C@H](C(=O)N1CCc2ccccc2C1)N(c1ccc(Cl)c(Cl)c1)S(C)(=O)=O. The van der Waals surface area contributed by atoms with Gasteiger partial charge in [-0.05, 0) is 42.7 Å². The van der Waals surface area contributed by atoms with E-state index < -0.39 is 16.1 Å². The zero-order valence-electron chi connectivity index (χ0n) is 15.0. The number of carbonyl (C=O) groups is 1. The van der Waals surface area contributed by atoms with Crippen LogP contribution in [-0.4, -0.2) is 38.1 Å². The van der Waals surface area contributed by atoms with E-state index in [1.807, 2.05) is 18.2 Å². The molecule has 8 heteroatoms. The Morgan fingerprint density at radius 1 is 1.11 bits per heavy atom. The van der Waals surface area contributed by atoms with E-state index in [-0.39, 0.29) is 10.9 Å². The fourth-order valence-electron chi connectivity index (χ4n) is 3.37. The number of amides is 1. The molecule has 1 aliphatic heterocycles. The van der Waals surface area contributed by atoms with E-state index in [9.17, 15) is 13.2 Å². The van der Waals surface area contributed by atoms with Gasteiger partial charge in [0.25, 0.3) is 0 Å². The minimum Gasteiger partial charge on any atom is -0.336 e. The first kappa shape index (κ1) is 20.0. The highest BCUT2D eigenvalue weighted by Crippen LogP contribution is 2.30. The maximum Gasteiger partial charge on any atom is 0.246 e. The summed E-state index contributed by atoms with van der Waals surface area (Å²) in [4.78, 5) is 14.8. The van der Waals surface area contributed by atoms with Crippen LogP contribution in [0.1, 0.15) is 18.1 Å². The minimum atomic E-state index is -3.71. The second kappa shape index (κ2) is 7.70.